The molecule has 1 atom stereocenters. The van der Waals surface area contributed by atoms with Crippen LogP contribution in [0.5, 0.6) is 0 Å². The highest BCUT2D eigenvalue weighted by molar-refractivity contribution is 5.71. The van der Waals surface area contributed by atoms with Crippen molar-refractivity contribution in [1.29, 1.82) is 0 Å². The number of aliphatic carboxylic acids is 1. The minimum absolute atomic E-state index is 0.0643. The molecule has 1 unspecified atom stereocenters. The summed E-state index contributed by atoms with van der Waals surface area (Å²) in [5, 5.41) is 19.5. The van der Waals surface area contributed by atoms with Crippen molar-refractivity contribution >= 4 is 17.5 Å². The topological polar surface area (TPSA) is 96.6 Å². The van der Waals surface area contributed by atoms with Crippen LogP contribution < -0.4 is 4.90 Å². The Bertz CT molecular complexity index is 460. The minimum atomic E-state index is -0.804. The molecule has 1 N–H and O–H groups in total. The lowest BCUT2D eigenvalue weighted by Crippen LogP contribution is -2.39. The molecule has 18 heavy (non-hydrogen) atoms. The molecular weight excluding hydrogens is 238 g/mol. The molecule has 0 spiro atoms. The van der Waals surface area contributed by atoms with Crippen molar-refractivity contribution < 1.29 is 14.8 Å². The number of pyridine rings is 1. The summed E-state index contributed by atoms with van der Waals surface area (Å²) >= 11 is 0. The van der Waals surface area contributed by atoms with Crippen LogP contribution in [0, 0.1) is 16.0 Å². The maximum absolute atomic E-state index is 10.9. The second-order valence-corrected chi connectivity index (χ2v) is 4.26. The fourth-order valence-corrected chi connectivity index (χ4v) is 2.06. The van der Waals surface area contributed by atoms with E-state index in [-0.39, 0.29) is 5.69 Å². The van der Waals surface area contributed by atoms with Gasteiger partial charge in [0, 0.05) is 19.2 Å². The van der Waals surface area contributed by atoms with Crippen molar-refractivity contribution in [2.45, 2.75) is 12.8 Å². The fourth-order valence-electron chi connectivity index (χ4n) is 2.06. The number of nitrogens with zero attached hydrogens (tertiary/aromatic N) is 3. The van der Waals surface area contributed by atoms with Gasteiger partial charge in [-0.05, 0) is 18.9 Å². The van der Waals surface area contributed by atoms with Gasteiger partial charge >= 0.3 is 5.97 Å². The molecule has 1 aliphatic heterocycles. The van der Waals surface area contributed by atoms with Crippen molar-refractivity contribution in [3.63, 3.8) is 0 Å². The SMILES string of the molecule is O=C(O)C1CCCN(c2ccc([N+](=O)[O-])cn2)C1. The van der Waals surface area contributed by atoms with Crippen molar-refractivity contribution in [1.82, 2.24) is 4.98 Å². The highest BCUT2D eigenvalue weighted by Gasteiger charge is 2.26. The number of hydrogen-bond donors (Lipinski definition) is 1. The average Bonchev–Trinajstić information content (AvgIpc) is 2.39. The molecule has 1 saturated heterocycles. The van der Waals surface area contributed by atoms with Crippen LogP contribution in [0.3, 0.4) is 0 Å². The molecule has 0 aliphatic carbocycles. The summed E-state index contributed by atoms with van der Waals surface area (Å²) in [4.78, 5) is 26.8. The quantitative estimate of drug-likeness (QED) is 0.642. The van der Waals surface area contributed by atoms with Gasteiger partial charge in [0.15, 0.2) is 0 Å². The van der Waals surface area contributed by atoms with Gasteiger partial charge in [-0.25, -0.2) is 4.98 Å². The molecule has 0 radical (unpaired) electrons. The summed E-state index contributed by atoms with van der Waals surface area (Å²) in [6, 6.07) is 2.94. The van der Waals surface area contributed by atoms with E-state index in [2.05, 4.69) is 4.98 Å². The van der Waals surface area contributed by atoms with Crippen LogP contribution >= 0.6 is 0 Å². The molecule has 2 rings (SSSR count). The Balaban J connectivity index is 2.11. The highest BCUT2D eigenvalue weighted by atomic mass is 16.6. The zero-order valence-corrected chi connectivity index (χ0v) is 9.65. The van der Waals surface area contributed by atoms with Crippen molar-refractivity contribution in [3.05, 3.63) is 28.4 Å². The predicted octanol–water partition coefficient (Wildman–Crippen LogP) is 1.29. The normalized spacial score (nSPS) is 19.6. The van der Waals surface area contributed by atoms with Gasteiger partial charge in [-0.2, -0.15) is 0 Å². The number of carbonyl (C=O) groups is 1. The van der Waals surface area contributed by atoms with E-state index in [9.17, 15) is 14.9 Å². The van der Waals surface area contributed by atoms with Crippen LogP contribution in [0.25, 0.3) is 0 Å². The summed E-state index contributed by atoms with van der Waals surface area (Å²) in [6.07, 6.45) is 2.65. The van der Waals surface area contributed by atoms with Gasteiger partial charge in [0.05, 0.1) is 10.8 Å². The molecule has 0 bridgehead atoms. The smallest absolute Gasteiger partial charge is 0.308 e. The summed E-state index contributed by atoms with van der Waals surface area (Å²) in [5.74, 6) is -0.607. The first kappa shape index (κ1) is 12.3. The first-order chi connectivity index (χ1) is 8.58. The number of piperidine rings is 1. The van der Waals surface area contributed by atoms with Crippen molar-refractivity contribution in [2.24, 2.45) is 5.92 Å². The molecule has 0 amide bonds. The largest absolute Gasteiger partial charge is 0.481 e. The summed E-state index contributed by atoms with van der Waals surface area (Å²) in [5.41, 5.74) is -0.0643. The summed E-state index contributed by atoms with van der Waals surface area (Å²) in [6.45, 7) is 1.13. The first-order valence-corrected chi connectivity index (χ1v) is 5.66. The van der Waals surface area contributed by atoms with E-state index in [0.29, 0.717) is 18.8 Å². The zero-order valence-electron chi connectivity index (χ0n) is 9.65. The lowest BCUT2D eigenvalue weighted by Gasteiger charge is -2.31. The fraction of sp³-hybridized carbons (Fsp3) is 0.455. The number of carboxylic acids is 1. The van der Waals surface area contributed by atoms with Crippen LogP contribution in [-0.2, 0) is 4.79 Å². The average molecular weight is 251 g/mol. The van der Waals surface area contributed by atoms with Crippen molar-refractivity contribution in [3.8, 4) is 0 Å². The predicted molar refractivity (Wildman–Crippen MR) is 63.5 cm³/mol. The minimum Gasteiger partial charge on any atom is -0.481 e. The third-order valence-corrected chi connectivity index (χ3v) is 3.04. The molecule has 7 heteroatoms. The highest BCUT2D eigenvalue weighted by Crippen LogP contribution is 2.23. The molecule has 0 aromatic carbocycles. The Hall–Kier alpha value is -2.18. The Morgan fingerprint density at radius 2 is 2.33 bits per heavy atom. The summed E-state index contributed by atoms with van der Waals surface area (Å²) < 4.78 is 0. The molecule has 1 aromatic rings. The van der Waals surface area contributed by atoms with Gasteiger partial charge in [0.25, 0.3) is 5.69 Å². The van der Waals surface area contributed by atoms with Gasteiger partial charge in [-0.15, -0.1) is 0 Å². The zero-order chi connectivity index (χ0) is 13.1. The molecule has 2 heterocycles. The second-order valence-electron chi connectivity index (χ2n) is 4.26. The monoisotopic (exact) mass is 251 g/mol. The van der Waals surface area contributed by atoms with Crippen molar-refractivity contribution in [2.75, 3.05) is 18.0 Å². The molecule has 1 aromatic heterocycles. The molecule has 7 nitrogen and oxygen atoms in total. The van der Waals surface area contributed by atoms with Gasteiger partial charge in [-0.3, -0.25) is 14.9 Å². The van der Waals surface area contributed by atoms with E-state index >= 15 is 0 Å². The second kappa shape index (κ2) is 4.99. The third-order valence-electron chi connectivity index (χ3n) is 3.04. The Morgan fingerprint density at radius 1 is 1.56 bits per heavy atom. The number of anilines is 1. The van der Waals surface area contributed by atoms with Gasteiger partial charge in [0.2, 0.25) is 0 Å². The van der Waals surface area contributed by atoms with Gasteiger partial charge in [0.1, 0.15) is 12.0 Å². The third kappa shape index (κ3) is 2.55. The van der Waals surface area contributed by atoms with E-state index in [1.807, 2.05) is 4.90 Å². The lowest BCUT2D eigenvalue weighted by molar-refractivity contribution is -0.385. The standard InChI is InChI=1S/C11H13N3O4/c15-11(16)8-2-1-5-13(7-8)10-4-3-9(6-12-10)14(17)18/h3-4,6,8H,1-2,5,7H2,(H,15,16). The van der Waals surface area contributed by atoms with E-state index in [1.165, 1.54) is 12.3 Å². The molecule has 1 fully saturated rings. The molecule has 0 saturated carbocycles. The van der Waals surface area contributed by atoms with E-state index in [4.69, 9.17) is 5.11 Å². The van der Waals surface area contributed by atoms with Crippen LogP contribution in [0.1, 0.15) is 12.8 Å². The maximum Gasteiger partial charge on any atom is 0.308 e. The van der Waals surface area contributed by atoms with Crippen LogP contribution in [-0.4, -0.2) is 34.1 Å². The molecule has 1 aliphatic rings. The maximum atomic E-state index is 10.9. The van der Waals surface area contributed by atoms with Crippen LogP contribution in [0.2, 0.25) is 0 Å². The number of carboxylic acid groups (broad SMARTS) is 1. The molecule has 96 valence electrons. The molecular formula is C11H13N3O4. The number of aromatic nitrogens is 1. The van der Waals surface area contributed by atoms with E-state index in [0.717, 1.165) is 13.0 Å². The number of nitro groups is 1. The van der Waals surface area contributed by atoms with E-state index in [1.54, 1.807) is 6.07 Å². The number of hydrogen-bond acceptors (Lipinski definition) is 5. The first-order valence-electron chi connectivity index (χ1n) is 5.66. The van der Waals surface area contributed by atoms with Gasteiger partial charge in [-0.1, -0.05) is 0 Å². The van der Waals surface area contributed by atoms with Crippen LogP contribution in [0.4, 0.5) is 11.5 Å². The Labute approximate surface area is 103 Å². The Morgan fingerprint density at radius 3 is 2.89 bits per heavy atom. The van der Waals surface area contributed by atoms with E-state index < -0.39 is 16.8 Å². The lowest BCUT2D eigenvalue weighted by atomic mass is 9.98. The van der Waals surface area contributed by atoms with Gasteiger partial charge < -0.3 is 10.0 Å². The number of rotatable bonds is 3. The Kier molecular flexibility index (Phi) is 3.40. The van der Waals surface area contributed by atoms with Crippen LogP contribution in [0.15, 0.2) is 18.3 Å². The summed E-state index contributed by atoms with van der Waals surface area (Å²) in [7, 11) is 0.